The van der Waals surface area contributed by atoms with E-state index < -0.39 is 18.0 Å². The molecule has 0 bridgehead atoms. The van der Waals surface area contributed by atoms with E-state index in [4.69, 9.17) is 5.11 Å². The van der Waals surface area contributed by atoms with Crippen molar-refractivity contribution in [1.29, 1.82) is 0 Å². The fourth-order valence-electron chi connectivity index (χ4n) is 2.27. The van der Waals surface area contributed by atoms with Crippen LogP contribution in [0, 0.1) is 0 Å². The molecule has 21 heavy (non-hydrogen) atoms. The van der Waals surface area contributed by atoms with Gasteiger partial charge in [-0.15, -0.1) is 0 Å². The molecular weight excluding hydrogens is 274 g/mol. The van der Waals surface area contributed by atoms with Crippen molar-refractivity contribution < 1.29 is 19.5 Å². The van der Waals surface area contributed by atoms with Crippen molar-refractivity contribution in [1.82, 2.24) is 15.1 Å². The summed E-state index contributed by atoms with van der Waals surface area (Å²) in [5.74, 6) is -1.14. The number of nitrogens with one attached hydrogen (secondary N) is 1. The van der Waals surface area contributed by atoms with E-state index in [-0.39, 0.29) is 12.5 Å². The molecule has 0 aromatic carbocycles. The van der Waals surface area contributed by atoms with E-state index >= 15 is 0 Å². The lowest BCUT2D eigenvalue weighted by Gasteiger charge is -2.23. The second kappa shape index (κ2) is 8.49. The number of urea groups is 1. The highest BCUT2D eigenvalue weighted by atomic mass is 16.4. The molecule has 1 fully saturated rings. The number of carbonyl (C=O) groups excluding carboxylic acids is 2. The Bertz CT molecular complexity index is 380. The van der Waals surface area contributed by atoms with Crippen LogP contribution in [0.1, 0.15) is 39.0 Å². The first-order valence-corrected chi connectivity index (χ1v) is 7.48. The van der Waals surface area contributed by atoms with E-state index in [0.717, 1.165) is 38.8 Å². The number of likely N-dealkylation sites (tertiary alicyclic amines) is 1. The van der Waals surface area contributed by atoms with Crippen molar-refractivity contribution in [3.63, 3.8) is 0 Å². The summed E-state index contributed by atoms with van der Waals surface area (Å²) < 4.78 is 0. The van der Waals surface area contributed by atoms with Gasteiger partial charge in [0.25, 0.3) is 0 Å². The maximum absolute atomic E-state index is 12.0. The normalized spacial score (nSPS) is 15.6. The predicted molar refractivity (Wildman–Crippen MR) is 77.9 cm³/mol. The number of hydrogen-bond donors (Lipinski definition) is 2. The molecule has 0 aromatic rings. The molecule has 1 unspecified atom stereocenters. The Balaban J connectivity index is 2.44. The highest BCUT2D eigenvalue weighted by molar-refractivity contribution is 5.86. The second-order valence-corrected chi connectivity index (χ2v) is 5.43. The third-order valence-electron chi connectivity index (χ3n) is 3.62. The lowest BCUT2D eigenvalue weighted by atomic mass is 10.1. The first-order chi connectivity index (χ1) is 9.95. The lowest BCUT2D eigenvalue weighted by molar-refractivity contribution is -0.139. The van der Waals surface area contributed by atoms with E-state index in [2.05, 4.69) is 5.32 Å². The van der Waals surface area contributed by atoms with Crippen molar-refractivity contribution in [2.24, 2.45) is 0 Å². The number of amides is 3. The first-order valence-electron chi connectivity index (χ1n) is 7.48. The van der Waals surface area contributed by atoms with Crippen LogP contribution in [0.2, 0.25) is 0 Å². The van der Waals surface area contributed by atoms with Crippen LogP contribution < -0.4 is 5.32 Å². The third-order valence-corrected chi connectivity index (χ3v) is 3.62. The van der Waals surface area contributed by atoms with E-state index in [1.54, 1.807) is 4.90 Å². The van der Waals surface area contributed by atoms with Gasteiger partial charge in [0.2, 0.25) is 5.91 Å². The number of carbonyl (C=O) groups is 3. The third kappa shape index (κ3) is 5.61. The van der Waals surface area contributed by atoms with Gasteiger partial charge in [-0.25, -0.2) is 9.59 Å². The molecule has 0 aromatic heterocycles. The topological polar surface area (TPSA) is 90.0 Å². The van der Waals surface area contributed by atoms with Gasteiger partial charge in [0.1, 0.15) is 12.6 Å². The molecule has 1 saturated heterocycles. The summed E-state index contributed by atoms with van der Waals surface area (Å²) >= 11 is 0. The van der Waals surface area contributed by atoms with Gasteiger partial charge in [-0.05, 0) is 19.3 Å². The fraction of sp³-hybridized carbons (Fsp3) is 0.786. The van der Waals surface area contributed by atoms with Gasteiger partial charge >= 0.3 is 12.0 Å². The Morgan fingerprint density at radius 1 is 1.29 bits per heavy atom. The minimum absolute atomic E-state index is 0.0219. The quantitative estimate of drug-likeness (QED) is 0.730. The van der Waals surface area contributed by atoms with Gasteiger partial charge in [-0.1, -0.05) is 19.8 Å². The van der Waals surface area contributed by atoms with E-state index in [1.165, 1.54) is 11.9 Å². The molecule has 7 nitrogen and oxygen atoms in total. The van der Waals surface area contributed by atoms with Gasteiger partial charge in [0, 0.05) is 20.1 Å². The maximum atomic E-state index is 12.0. The van der Waals surface area contributed by atoms with Crippen LogP contribution in [-0.2, 0) is 9.59 Å². The molecule has 2 N–H and O–H groups in total. The van der Waals surface area contributed by atoms with E-state index in [1.807, 2.05) is 6.92 Å². The highest BCUT2D eigenvalue weighted by Gasteiger charge is 2.24. The van der Waals surface area contributed by atoms with Crippen LogP contribution in [0.5, 0.6) is 0 Å². The van der Waals surface area contributed by atoms with Crippen LogP contribution >= 0.6 is 0 Å². The summed E-state index contributed by atoms with van der Waals surface area (Å²) in [6.45, 7) is 3.42. The Morgan fingerprint density at radius 3 is 2.43 bits per heavy atom. The average molecular weight is 299 g/mol. The summed E-state index contributed by atoms with van der Waals surface area (Å²) in [5.41, 5.74) is 0. The second-order valence-electron chi connectivity index (χ2n) is 5.43. The molecule has 0 spiro atoms. The predicted octanol–water partition coefficient (Wildman–Crippen LogP) is 0.894. The van der Waals surface area contributed by atoms with Crippen LogP contribution in [0.3, 0.4) is 0 Å². The summed E-state index contributed by atoms with van der Waals surface area (Å²) in [4.78, 5) is 37.9. The van der Waals surface area contributed by atoms with E-state index in [0.29, 0.717) is 6.42 Å². The largest absolute Gasteiger partial charge is 0.480 e. The van der Waals surface area contributed by atoms with E-state index in [9.17, 15) is 14.4 Å². The molecule has 7 heteroatoms. The van der Waals surface area contributed by atoms with Crippen molar-refractivity contribution in [2.45, 2.75) is 45.1 Å². The zero-order chi connectivity index (χ0) is 15.8. The Labute approximate surface area is 125 Å². The molecule has 1 heterocycles. The Morgan fingerprint density at radius 2 is 1.90 bits per heavy atom. The van der Waals surface area contributed by atoms with Gasteiger partial charge in [0.05, 0.1) is 0 Å². The van der Waals surface area contributed by atoms with Crippen LogP contribution in [-0.4, -0.2) is 65.5 Å². The monoisotopic (exact) mass is 299 g/mol. The van der Waals surface area contributed by atoms with Crippen molar-refractivity contribution in [3.8, 4) is 0 Å². The summed E-state index contributed by atoms with van der Waals surface area (Å²) in [6.07, 6.45) is 3.99. The standard InChI is InChI=1S/C14H25N3O4/c1-3-4-7-11(13(19)20)15-14(21)16(2)10-12(18)17-8-5-6-9-17/h11H,3-10H2,1-2H3,(H,15,21)(H,19,20). The van der Waals surface area contributed by atoms with Gasteiger partial charge < -0.3 is 20.2 Å². The molecule has 120 valence electrons. The summed E-state index contributed by atoms with van der Waals surface area (Å²) in [5, 5.41) is 11.5. The Hall–Kier alpha value is -1.79. The summed E-state index contributed by atoms with van der Waals surface area (Å²) in [6, 6.07) is -1.42. The van der Waals surface area contributed by atoms with Gasteiger partial charge in [0.15, 0.2) is 0 Å². The minimum atomic E-state index is -1.05. The number of rotatable bonds is 7. The molecule has 0 aliphatic carbocycles. The number of likely N-dealkylation sites (N-methyl/N-ethyl adjacent to an activating group) is 1. The molecule has 1 atom stereocenters. The molecule has 1 rings (SSSR count). The van der Waals surface area contributed by atoms with Crippen molar-refractivity contribution >= 4 is 17.9 Å². The fourth-order valence-corrected chi connectivity index (χ4v) is 2.27. The highest BCUT2D eigenvalue weighted by Crippen LogP contribution is 2.08. The molecule has 1 aliphatic rings. The summed E-state index contributed by atoms with van der Waals surface area (Å²) in [7, 11) is 1.50. The van der Waals surface area contributed by atoms with Crippen molar-refractivity contribution in [2.75, 3.05) is 26.7 Å². The zero-order valence-corrected chi connectivity index (χ0v) is 12.8. The smallest absolute Gasteiger partial charge is 0.326 e. The first kappa shape index (κ1) is 17.3. The molecule has 1 aliphatic heterocycles. The molecule has 0 radical (unpaired) electrons. The lowest BCUT2D eigenvalue weighted by Crippen LogP contribution is -2.49. The molecule has 0 saturated carbocycles. The maximum Gasteiger partial charge on any atom is 0.326 e. The minimum Gasteiger partial charge on any atom is -0.480 e. The number of carboxylic acids is 1. The van der Waals surface area contributed by atoms with Crippen LogP contribution in [0.15, 0.2) is 0 Å². The van der Waals surface area contributed by atoms with Crippen molar-refractivity contribution in [3.05, 3.63) is 0 Å². The van der Waals surface area contributed by atoms with Crippen LogP contribution in [0.25, 0.3) is 0 Å². The molecule has 3 amide bonds. The number of nitrogens with zero attached hydrogens (tertiary/aromatic N) is 2. The number of hydrogen-bond acceptors (Lipinski definition) is 3. The Kier molecular flexibility index (Phi) is 6.98. The van der Waals surface area contributed by atoms with Gasteiger partial charge in [-0.2, -0.15) is 0 Å². The number of carboxylic acid groups (broad SMARTS) is 1. The zero-order valence-electron chi connectivity index (χ0n) is 12.8. The number of aliphatic carboxylic acids is 1. The SMILES string of the molecule is CCCCC(NC(=O)N(C)CC(=O)N1CCCC1)C(=O)O. The van der Waals surface area contributed by atoms with Gasteiger partial charge in [-0.3, -0.25) is 4.79 Å². The number of unbranched alkanes of at least 4 members (excludes halogenated alkanes) is 1. The molecular formula is C14H25N3O4. The average Bonchev–Trinajstić information content (AvgIpc) is 2.96. The van der Waals surface area contributed by atoms with Crippen LogP contribution in [0.4, 0.5) is 4.79 Å².